The van der Waals surface area contributed by atoms with Crippen LogP contribution in [0.3, 0.4) is 0 Å². The van der Waals surface area contributed by atoms with E-state index in [1.807, 2.05) is 0 Å². The van der Waals surface area contributed by atoms with Crippen LogP contribution >= 0.6 is 0 Å². The van der Waals surface area contributed by atoms with Crippen LogP contribution in [0.5, 0.6) is 0 Å². The van der Waals surface area contributed by atoms with Gasteiger partial charge in [-0.3, -0.25) is 4.90 Å². The summed E-state index contributed by atoms with van der Waals surface area (Å²) >= 11 is 0. The van der Waals surface area contributed by atoms with Crippen molar-refractivity contribution in [3.8, 4) is 0 Å². The van der Waals surface area contributed by atoms with Gasteiger partial charge in [-0.2, -0.15) is 0 Å². The number of morpholine rings is 1. The van der Waals surface area contributed by atoms with Gasteiger partial charge in [-0.05, 0) is 27.2 Å². The summed E-state index contributed by atoms with van der Waals surface area (Å²) in [4.78, 5) is 2.57. The molecule has 0 aromatic carbocycles. The molecule has 0 aromatic rings. The fourth-order valence-electron chi connectivity index (χ4n) is 2.22. The SMILES string of the molecule is CC(C)(C)N1CC2CC1CO2. The van der Waals surface area contributed by atoms with E-state index in [9.17, 15) is 0 Å². The second-order valence-electron chi connectivity index (χ2n) is 4.67. The Morgan fingerprint density at radius 2 is 2.09 bits per heavy atom. The molecule has 2 atom stereocenters. The summed E-state index contributed by atoms with van der Waals surface area (Å²) in [5.74, 6) is 0. The molecule has 2 aliphatic heterocycles. The molecule has 0 aromatic heterocycles. The van der Waals surface area contributed by atoms with E-state index in [0.717, 1.165) is 13.2 Å². The van der Waals surface area contributed by atoms with E-state index in [0.29, 0.717) is 17.7 Å². The first-order chi connectivity index (χ1) is 5.07. The second-order valence-corrected chi connectivity index (χ2v) is 4.67. The molecule has 2 heterocycles. The Kier molecular flexibility index (Phi) is 1.52. The smallest absolute Gasteiger partial charge is 0.0718 e. The molecule has 2 unspecified atom stereocenters. The maximum Gasteiger partial charge on any atom is 0.0718 e. The number of ether oxygens (including phenoxy) is 1. The Morgan fingerprint density at radius 1 is 1.36 bits per heavy atom. The van der Waals surface area contributed by atoms with E-state index in [1.54, 1.807) is 0 Å². The number of rotatable bonds is 0. The van der Waals surface area contributed by atoms with Crippen LogP contribution in [-0.2, 0) is 4.74 Å². The van der Waals surface area contributed by atoms with Gasteiger partial charge in [0.25, 0.3) is 0 Å². The van der Waals surface area contributed by atoms with Gasteiger partial charge in [0.15, 0.2) is 0 Å². The normalized spacial score (nSPS) is 38.5. The molecule has 2 nitrogen and oxygen atoms in total. The zero-order valence-electron chi connectivity index (χ0n) is 7.63. The van der Waals surface area contributed by atoms with Gasteiger partial charge in [-0.15, -0.1) is 0 Å². The van der Waals surface area contributed by atoms with Crippen molar-refractivity contribution < 1.29 is 4.74 Å². The molecule has 2 rings (SSSR count). The lowest BCUT2D eigenvalue weighted by atomic mass is 10.1. The van der Waals surface area contributed by atoms with Crippen LogP contribution in [0.15, 0.2) is 0 Å². The highest BCUT2D eigenvalue weighted by Crippen LogP contribution is 2.33. The van der Waals surface area contributed by atoms with Crippen molar-refractivity contribution in [1.82, 2.24) is 4.90 Å². The zero-order chi connectivity index (χ0) is 8.06. The molecule has 2 saturated heterocycles. The highest BCUT2D eigenvalue weighted by molar-refractivity contribution is 4.96. The van der Waals surface area contributed by atoms with E-state index in [1.165, 1.54) is 6.42 Å². The fourth-order valence-corrected chi connectivity index (χ4v) is 2.22. The summed E-state index contributed by atoms with van der Waals surface area (Å²) in [6.45, 7) is 8.96. The lowest BCUT2D eigenvalue weighted by molar-refractivity contribution is -0.00804. The average molecular weight is 155 g/mol. The highest BCUT2D eigenvalue weighted by Gasteiger charge is 2.43. The molecule has 11 heavy (non-hydrogen) atoms. The number of hydrogen-bond donors (Lipinski definition) is 0. The Balaban J connectivity index is 2.08. The molecule has 2 bridgehead atoms. The summed E-state index contributed by atoms with van der Waals surface area (Å²) in [7, 11) is 0. The maximum absolute atomic E-state index is 5.54. The highest BCUT2D eigenvalue weighted by atomic mass is 16.5. The Labute approximate surface area is 68.5 Å². The van der Waals surface area contributed by atoms with Gasteiger partial charge in [0, 0.05) is 18.1 Å². The lowest BCUT2D eigenvalue weighted by Crippen LogP contribution is -2.48. The van der Waals surface area contributed by atoms with Gasteiger partial charge in [0.2, 0.25) is 0 Å². The first kappa shape index (κ1) is 7.56. The number of nitrogens with zero attached hydrogens (tertiary/aromatic N) is 1. The topological polar surface area (TPSA) is 12.5 Å². The van der Waals surface area contributed by atoms with Crippen molar-refractivity contribution in [2.45, 2.75) is 44.9 Å². The Morgan fingerprint density at radius 3 is 2.36 bits per heavy atom. The van der Waals surface area contributed by atoms with Crippen LogP contribution in [-0.4, -0.2) is 35.7 Å². The van der Waals surface area contributed by atoms with E-state index >= 15 is 0 Å². The third kappa shape index (κ3) is 1.18. The van der Waals surface area contributed by atoms with Crippen molar-refractivity contribution >= 4 is 0 Å². The molecule has 0 radical (unpaired) electrons. The van der Waals surface area contributed by atoms with Crippen molar-refractivity contribution in [1.29, 1.82) is 0 Å². The predicted molar refractivity (Wildman–Crippen MR) is 44.6 cm³/mol. The van der Waals surface area contributed by atoms with Crippen LogP contribution in [0.1, 0.15) is 27.2 Å². The molecule has 0 amide bonds. The average Bonchev–Trinajstić information content (AvgIpc) is 2.42. The van der Waals surface area contributed by atoms with Crippen molar-refractivity contribution in [2.75, 3.05) is 13.2 Å². The minimum absolute atomic E-state index is 0.337. The zero-order valence-corrected chi connectivity index (χ0v) is 7.63. The van der Waals surface area contributed by atoms with Crippen molar-refractivity contribution in [2.24, 2.45) is 0 Å². The first-order valence-electron chi connectivity index (χ1n) is 4.46. The maximum atomic E-state index is 5.54. The van der Waals surface area contributed by atoms with Gasteiger partial charge in [-0.25, -0.2) is 0 Å². The van der Waals surface area contributed by atoms with Crippen molar-refractivity contribution in [3.63, 3.8) is 0 Å². The number of hydrogen-bond acceptors (Lipinski definition) is 2. The molecule has 64 valence electrons. The molecule has 0 spiro atoms. The monoisotopic (exact) mass is 155 g/mol. The summed E-state index contributed by atoms with van der Waals surface area (Å²) in [6, 6.07) is 0.708. The summed E-state index contributed by atoms with van der Waals surface area (Å²) < 4.78 is 5.54. The van der Waals surface area contributed by atoms with Gasteiger partial charge < -0.3 is 4.74 Å². The number of likely N-dealkylation sites (tertiary alicyclic amines) is 1. The van der Waals surface area contributed by atoms with Gasteiger partial charge in [-0.1, -0.05) is 0 Å². The Bertz CT molecular complexity index is 161. The predicted octanol–water partition coefficient (Wildman–Crippen LogP) is 1.26. The molecule has 2 aliphatic rings. The van der Waals surface area contributed by atoms with Crippen molar-refractivity contribution in [3.05, 3.63) is 0 Å². The summed E-state index contributed by atoms with van der Waals surface area (Å²) in [6.07, 6.45) is 1.80. The molecule has 0 N–H and O–H groups in total. The van der Waals surface area contributed by atoms with E-state index in [2.05, 4.69) is 25.7 Å². The third-order valence-corrected chi connectivity index (χ3v) is 2.76. The van der Waals surface area contributed by atoms with Crippen LogP contribution < -0.4 is 0 Å². The summed E-state index contributed by atoms with van der Waals surface area (Å²) in [5.41, 5.74) is 0.337. The molecule has 2 fully saturated rings. The van der Waals surface area contributed by atoms with Crippen LogP contribution in [0.2, 0.25) is 0 Å². The minimum Gasteiger partial charge on any atom is -0.375 e. The van der Waals surface area contributed by atoms with Crippen LogP contribution in [0, 0.1) is 0 Å². The minimum atomic E-state index is 0.337. The second kappa shape index (κ2) is 2.20. The largest absolute Gasteiger partial charge is 0.375 e. The molecular weight excluding hydrogens is 138 g/mol. The molecule has 0 saturated carbocycles. The quantitative estimate of drug-likeness (QED) is 0.522. The fraction of sp³-hybridized carbons (Fsp3) is 1.00. The van der Waals surface area contributed by atoms with Crippen LogP contribution in [0.25, 0.3) is 0 Å². The van der Waals surface area contributed by atoms with Gasteiger partial charge in [0.1, 0.15) is 0 Å². The Hall–Kier alpha value is -0.0800. The van der Waals surface area contributed by atoms with E-state index < -0.39 is 0 Å². The number of fused-ring (bicyclic) bond motifs is 2. The third-order valence-electron chi connectivity index (χ3n) is 2.76. The molecular formula is C9H17NO. The standard InChI is InChI=1S/C9H17NO/c1-9(2,3)10-5-8-4-7(10)6-11-8/h7-8H,4-6H2,1-3H3. The molecule has 0 aliphatic carbocycles. The molecule has 2 heteroatoms. The first-order valence-corrected chi connectivity index (χ1v) is 4.46. The van der Waals surface area contributed by atoms with E-state index in [4.69, 9.17) is 4.74 Å². The summed E-state index contributed by atoms with van der Waals surface area (Å²) in [5, 5.41) is 0. The lowest BCUT2D eigenvalue weighted by Gasteiger charge is -2.38. The van der Waals surface area contributed by atoms with Crippen LogP contribution in [0.4, 0.5) is 0 Å². The van der Waals surface area contributed by atoms with Gasteiger partial charge in [0.05, 0.1) is 12.7 Å². The van der Waals surface area contributed by atoms with E-state index in [-0.39, 0.29) is 0 Å². The van der Waals surface area contributed by atoms with Gasteiger partial charge >= 0.3 is 0 Å².